The van der Waals surface area contributed by atoms with E-state index in [1.54, 1.807) is 22.7 Å². The van der Waals surface area contributed by atoms with Crippen LogP contribution in [0.25, 0.3) is 11.4 Å². The van der Waals surface area contributed by atoms with Gasteiger partial charge in [-0.1, -0.05) is 167 Å². The number of hydrogen-bond acceptors (Lipinski definition) is 4. The number of amides is 2. The highest BCUT2D eigenvalue weighted by Crippen LogP contribution is 2.48. The van der Waals surface area contributed by atoms with Gasteiger partial charge in [0.25, 0.3) is 11.8 Å². The SMILES string of the molecule is CCCCCCCCCCCCCCN1C(=O)C2=C(c3cccs3)N(CCCCCCCCCCCCCC)C(=O)C2=C1c1cccs1. The molecule has 0 bridgehead atoms. The fourth-order valence-electron chi connectivity index (χ4n) is 7.38. The van der Waals surface area contributed by atoms with Crippen molar-refractivity contribution in [1.82, 2.24) is 9.80 Å². The fraction of sp³-hybridized carbons (Fsp3) is 0.667. The van der Waals surface area contributed by atoms with Crippen molar-refractivity contribution in [2.75, 3.05) is 13.1 Å². The molecule has 0 atom stereocenters. The van der Waals surface area contributed by atoms with E-state index in [0.717, 1.165) is 46.8 Å². The maximum atomic E-state index is 14.3. The quantitative estimate of drug-likeness (QED) is 0.0833. The normalized spacial score (nSPS) is 14.8. The Balaban J connectivity index is 1.30. The predicted octanol–water partition coefficient (Wildman–Crippen LogP) is 13.0. The van der Waals surface area contributed by atoms with E-state index in [1.165, 1.54) is 128 Å². The Kier molecular flexibility index (Phi) is 18.1. The molecular formula is C42H64N2O2S2. The molecule has 4 heterocycles. The third kappa shape index (κ3) is 11.4. The first kappa shape index (κ1) is 38.6. The third-order valence-corrected chi connectivity index (χ3v) is 11.9. The highest BCUT2D eigenvalue weighted by Gasteiger charge is 2.48. The highest BCUT2D eigenvalue weighted by molar-refractivity contribution is 7.11. The largest absolute Gasteiger partial charge is 0.306 e. The zero-order valence-electron chi connectivity index (χ0n) is 30.4. The molecule has 0 saturated carbocycles. The molecule has 0 N–H and O–H groups in total. The molecule has 0 unspecified atom stereocenters. The standard InChI is InChI=1S/C42H64N2O2S2/c1-3-5-7-9-11-13-15-17-19-21-23-25-31-43-39(35-29-27-33-47-35)37-38(41(43)45)40(36-30-28-34-48-36)44(42(37)46)32-26-24-22-20-18-16-14-12-10-8-6-4-2/h27-30,33-34H,3-26,31-32H2,1-2H3. The van der Waals surface area contributed by atoms with Gasteiger partial charge in [0.2, 0.25) is 0 Å². The number of rotatable bonds is 28. The van der Waals surface area contributed by atoms with Crippen molar-refractivity contribution < 1.29 is 9.59 Å². The van der Waals surface area contributed by atoms with Crippen LogP contribution in [-0.4, -0.2) is 34.7 Å². The molecule has 2 aliphatic heterocycles. The monoisotopic (exact) mass is 692 g/mol. The van der Waals surface area contributed by atoms with Crippen LogP contribution in [0.2, 0.25) is 0 Å². The van der Waals surface area contributed by atoms with Gasteiger partial charge < -0.3 is 9.80 Å². The van der Waals surface area contributed by atoms with Gasteiger partial charge in [-0.2, -0.15) is 0 Å². The smallest absolute Gasteiger partial charge is 0.261 e. The van der Waals surface area contributed by atoms with Crippen molar-refractivity contribution in [3.8, 4) is 0 Å². The van der Waals surface area contributed by atoms with Gasteiger partial charge >= 0.3 is 0 Å². The van der Waals surface area contributed by atoms with Gasteiger partial charge in [0.05, 0.1) is 32.3 Å². The minimum Gasteiger partial charge on any atom is -0.306 e. The maximum absolute atomic E-state index is 14.3. The lowest BCUT2D eigenvalue weighted by Crippen LogP contribution is -2.30. The molecular weight excluding hydrogens is 629 g/mol. The van der Waals surface area contributed by atoms with Gasteiger partial charge in [-0.3, -0.25) is 9.59 Å². The van der Waals surface area contributed by atoms with Crippen molar-refractivity contribution in [2.24, 2.45) is 0 Å². The molecule has 4 rings (SSSR count). The average Bonchev–Trinajstić information content (AvgIpc) is 3.90. The van der Waals surface area contributed by atoms with Gasteiger partial charge in [-0.15, -0.1) is 22.7 Å². The third-order valence-electron chi connectivity index (χ3n) is 10.2. The van der Waals surface area contributed by atoms with Crippen LogP contribution in [0, 0.1) is 0 Å². The van der Waals surface area contributed by atoms with E-state index in [0.29, 0.717) is 24.2 Å². The summed E-state index contributed by atoms with van der Waals surface area (Å²) in [5.41, 5.74) is 2.99. The molecule has 0 saturated heterocycles. The Hall–Kier alpha value is -2.18. The van der Waals surface area contributed by atoms with Gasteiger partial charge in [0.15, 0.2) is 0 Å². The second-order valence-electron chi connectivity index (χ2n) is 14.1. The van der Waals surface area contributed by atoms with Gasteiger partial charge in [0.1, 0.15) is 0 Å². The number of thiophene rings is 2. The molecule has 2 aromatic rings. The van der Waals surface area contributed by atoms with Crippen LogP contribution in [0.5, 0.6) is 0 Å². The Morgan fingerprint density at radius 1 is 0.438 bits per heavy atom. The number of carbonyl (C=O) groups is 2. The second-order valence-corrected chi connectivity index (χ2v) is 16.0. The molecule has 0 radical (unpaired) electrons. The first-order valence-corrected chi connectivity index (χ1v) is 21.6. The van der Waals surface area contributed by atoms with Crippen LogP contribution in [0.4, 0.5) is 0 Å². The van der Waals surface area contributed by atoms with Crippen LogP contribution in [-0.2, 0) is 9.59 Å². The minimum absolute atomic E-state index is 0.0189. The van der Waals surface area contributed by atoms with Crippen molar-refractivity contribution in [2.45, 2.75) is 168 Å². The van der Waals surface area contributed by atoms with Crippen molar-refractivity contribution in [3.05, 3.63) is 55.9 Å². The maximum Gasteiger partial charge on any atom is 0.261 e. The summed E-state index contributed by atoms with van der Waals surface area (Å²) in [7, 11) is 0. The molecule has 2 amide bonds. The van der Waals surface area contributed by atoms with E-state index in [9.17, 15) is 9.59 Å². The molecule has 2 aliphatic rings. The van der Waals surface area contributed by atoms with Crippen molar-refractivity contribution in [1.29, 1.82) is 0 Å². The zero-order valence-corrected chi connectivity index (χ0v) is 32.0. The predicted molar refractivity (Wildman–Crippen MR) is 208 cm³/mol. The van der Waals surface area contributed by atoms with Crippen LogP contribution in [0.15, 0.2) is 46.2 Å². The van der Waals surface area contributed by atoms with Crippen LogP contribution < -0.4 is 0 Å². The molecule has 0 aliphatic carbocycles. The number of carbonyl (C=O) groups excluding carboxylic acids is 2. The van der Waals surface area contributed by atoms with Crippen molar-refractivity contribution >= 4 is 45.9 Å². The molecule has 48 heavy (non-hydrogen) atoms. The van der Waals surface area contributed by atoms with E-state index in [2.05, 4.69) is 36.7 Å². The Morgan fingerprint density at radius 2 is 0.729 bits per heavy atom. The topological polar surface area (TPSA) is 40.6 Å². The lowest BCUT2D eigenvalue weighted by atomic mass is 10.1. The summed E-state index contributed by atoms with van der Waals surface area (Å²) in [5.74, 6) is 0.0378. The summed E-state index contributed by atoms with van der Waals surface area (Å²) in [4.78, 5) is 34.4. The average molecular weight is 693 g/mol. The van der Waals surface area contributed by atoms with E-state index >= 15 is 0 Å². The summed E-state index contributed by atoms with van der Waals surface area (Å²) in [6.45, 7) is 5.92. The van der Waals surface area contributed by atoms with Gasteiger partial charge in [0, 0.05) is 13.1 Å². The summed E-state index contributed by atoms with van der Waals surface area (Å²) >= 11 is 3.26. The van der Waals surface area contributed by atoms with Crippen LogP contribution >= 0.6 is 22.7 Å². The lowest BCUT2D eigenvalue weighted by Gasteiger charge is -2.24. The fourth-order valence-corrected chi connectivity index (χ4v) is 8.95. The zero-order chi connectivity index (χ0) is 33.8. The van der Waals surface area contributed by atoms with E-state index in [4.69, 9.17) is 0 Å². The molecule has 0 spiro atoms. The van der Waals surface area contributed by atoms with E-state index in [-0.39, 0.29) is 11.8 Å². The Labute approximate surface area is 301 Å². The summed E-state index contributed by atoms with van der Waals surface area (Å²) in [5, 5.41) is 4.11. The minimum atomic E-state index is 0.0189. The summed E-state index contributed by atoms with van der Waals surface area (Å²) in [6, 6.07) is 8.21. The first-order chi connectivity index (χ1) is 23.7. The first-order valence-electron chi connectivity index (χ1n) is 19.9. The molecule has 6 heteroatoms. The number of nitrogens with zero attached hydrogens (tertiary/aromatic N) is 2. The highest BCUT2D eigenvalue weighted by atomic mass is 32.1. The molecule has 0 aromatic carbocycles. The Morgan fingerprint density at radius 3 is 1.00 bits per heavy atom. The molecule has 266 valence electrons. The molecule has 0 fully saturated rings. The summed E-state index contributed by atoms with van der Waals surface area (Å²) < 4.78 is 0. The number of hydrogen-bond donors (Lipinski definition) is 0. The molecule has 2 aromatic heterocycles. The second kappa shape index (κ2) is 22.5. The van der Waals surface area contributed by atoms with Crippen LogP contribution in [0.3, 0.4) is 0 Å². The van der Waals surface area contributed by atoms with Gasteiger partial charge in [-0.25, -0.2) is 0 Å². The number of unbranched alkanes of at least 4 members (excludes halogenated alkanes) is 22. The van der Waals surface area contributed by atoms with Crippen molar-refractivity contribution in [3.63, 3.8) is 0 Å². The summed E-state index contributed by atoms with van der Waals surface area (Å²) in [6.07, 6.45) is 31.0. The number of fused-ring (bicyclic) bond motifs is 1. The Bertz CT molecular complexity index is 1160. The molecule has 4 nitrogen and oxygen atoms in total. The van der Waals surface area contributed by atoms with E-state index < -0.39 is 0 Å². The van der Waals surface area contributed by atoms with Gasteiger partial charge in [-0.05, 0) is 35.7 Å². The van der Waals surface area contributed by atoms with Crippen LogP contribution in [0.1, 0.15) is 178 Å². The lowest BCUT2D eigenvalue weighted by molar-refractivity contribution is -0.124. The van der Waals surface area contributed by atoms with E-state index in [1.807, 2.05) is 21.9 Å².